The topological polar surface area (TPSA) is 84.0 Å². The highest BCUT2D eigenvalue weighted by molar-refractivity contribution is 6.03. The summed E-state index contributed by atoms with van der Waals surface area (Å²) >= 11 is 0. The van der Waals surface area contributed by atoms with Crippen molar-refractivity contribution in [2.45, 2.75) is 13.1 Å². The molecule has 0 bridgehead atoms. The highest BCUT2D eigenvalue weighted by atomic mass is 19.4. The number of hydrogen-bond donors (Lipinski definition) is 2. The third-order valence-corrected chi connectivity index (χ3v) is 3.98. The molecule has 1 heterocycles. The van der Waals surface area contributed by atoms with E-state index in [0.29, 0.717) is 0 Å². The van der Waals surface area contributed by atoms with Crippen LogP contribution in [0.2, 0.25) is 0 Å². The SMILES string of the molecule is Cc1ccc(-n2c(=O)[nH]cc(C(=O)Nc3ccc(C(F)(F)F)cc3)c2=O)cc1. The smallest absolute Gasteiger partial charge is 0.322 e. The van der Waals surface area contributed by atoms with Gasteiger partial charge in [0.15, 0.2) is 0 Å². The number of H-pyrrole nitrogens is 1. The predicted molar refractivity (Wildman–Crippen MR) is 96.8 cm³/mol. The number of alkyl halides is 3. The fraction of sp³-hybridized carbons (Fsp3) is 0.105. The molecule has 0 atom stereocenters. The fourth-order valence-corrected chi connectivity index (χ4v) is 2.50. The molecule has 0 aliphatic carbocycles. The summed E-state index contributed by atoms with van der Waals surface area (Å²) in [4.78, 5) is 39.4. The Kier molecular flexibility index (Phi) is 4.91. The van der Waals surface area contributed by atoms with E-state index in [1.165, 1.54) is 0 Å². The summed E-state index contributed by atoms with van der Waals surface area (Å²) < 4.78 is 38.6. The van der Waals surface area contributed by atoms with E-state index in [1.807, 2.05) is 6.92 Å². The number of amides is 1. The van der Waals surface area contributed by atoms with Crippen molar-refractivity contribution in [2.24, 2.45) is 0 Å². The Morgan fingerprint density at radius 3 is 2.18 bits per heavy atom. The summed E-state index contributed by atoms with van der Waals surface area (Å²) in [6, 6.07) is 10.3. The summed E-state index contributed by atoms with van der Waals surface area (Å²) in [6.45, 7) is 1.84. The van der Waals surface area contributed by atoms with E-state index in [-0.39, 0.29) is 16.9 Å². The van der Waals surface area contributed by atoms with Gasteiger partial charge in [-0.3, -0.25) is 9.59 Å². The van der Waals surface area contributed by atoms with Gasteiger partial charge in [-0.05, 0) is 43.3 Å². The predicted octanol–water partition coefficient (Wildman–Crippen LogP) is 3.11. The minimum Gasteiger partial charge on any atom is -0.322 e. The van der Waals surface area contributed by atoms with E-state index >= 15 is 0 Å². The van der Waals surface area contributed by atoms with Crippen LogP contribution in [0.15, 0.2) is 64.3 Å². The van der Waals surface area contributed by atoms with Gasteiger partial charge in [0.1, 0.15) is 5.56 Å². The Morgan fingerprint density at radius 2 is 1.61 bits per heavy atom. The second kappa shape index (κ2) is 7.18. The maximum Gasteiger partial charge on any atom is 0.416 e. The van der Waals surface area contributed by atoms with Crippen molar-refractivity contribution >= 4 is 11.6 Å². The summed E-state index contributed by atoms with van der Waals surface area (Å²) in [5.41, 5.74) is -1.52. The third kappa shape index (κ3) is 3.88. The number of nitrogens with one attached hydrogen (secondary N) is 2. The van der Waals surface area contributed by atoms with Gasteiger partial charge in [-0.25, -0.2) is 9.36 Å². The Labute approximate surface area is 156 Å². The third-order valence-electron chi connectivity index (χ3n) is 3.98. The molecule has 3 rings (SSSR count). The number of halogens is 3. The van der Waals surface area contributed by atoms with Crippen molar-refractivity contribution in [2.75, 3.05) is 5.32 Å². The first-order valence-corrected chi connectivity index (χ1v) is 8.07. The molecule has 28 heavy (non-hydrogen) atoms. The molecule has 0 unspecified atom stereocenters. The van der Waals surface area contributed by atoms with E-state index in [9.17, 15) is 27.6 Å². The van der Waals surface area contributed by atoms with Crippen LogP contribution in [0.4, 0.5) is 18.9 Å². The van der Waals surface area contributed by atoms with Gasteiger partial charge in [0.2, 0.25) is 0 Å². The highest BCUT2D eigenvalue weighted by Crippen LogP contribution is 2.29. The Morgan fingerprint density at radius 1 is 1.00 bits per heavy atom. The van der Waals surface area contributed by atoms with Gasteiger partial charge < -0.3 is 10.3 Å². The Bertz CT molecular complexity index is 1130. The summed E-state index contributed by atoms with van der Waals surface area (Å²) in [6.07, 6.45) is -3.53. The second-order valence-electron chi connectivity index (χ2n) is 6.01. The van der Waals surface area contributed by atoms with Crippen molar-refractivity contribution < 1.29 is 18.0 Å². The van der Waals surface area contributed by atoms with E-state index in [2.05, 4.69) is 10.3 Å². The highest BCUT2D eigenvalue weighted by Gasteiger charge is 2.30. The van der Waals surface area contributed by atoms with Gasteiger partial charge >= 0.3 is 11.9 Å². The quantitative estimate of drug-likeness (QED) is 0.722. The van der Waals surface area contributed by atoms with E-state index in [0.717, 1.165) is 40.6 Å². The Balaban J connectivity index is 1.93. The lowest BCUT2D eigenvalue weighted by Gasteiger charge is -2.10. The number of aromatic nitrogens is 2. The number of anilines is 1. The lowest BCUT2D eigenvalue weighted by molar-refractivity contribution is -0.137. The largest absolute Gasteiger partial charge is 0.416 e. The summed E-state index contributed by atoms with van der Waals surface area (Å²) in [5.74, 6) is -0.859. The molecule has 1 amide bonds. The normalized spacial score (nSPS) is 11.3. The van der Waals surface area contributed by atoms with Crippen LogP contribution in [-0.2, 0) is 6.18 Å². The first-order chi connectivity index (χ1) is 13.2. The first-order valence-electron chi connectivity index (χ1n) is 8.07. The number of aromatic amines is 1. The van der Waals surface area contributed by atoms with Crippen molar-refractivity contribution in [3.05, 3.63) is 92.3 Å². The number of nitrogens with zero attached hydrogens (tertiary/aromatic N) is 1. The molecule has 0 aliphatic rings. The maximum atomic E-state index is 12.6. The molecule has 9 heteroatoms. The average Bonchev–Trinajstić information content (AvgIpc) is 2.63. The summed E-state index contributed by atoms with van der Waals surface area (Å²) in [7, 11) is 0. The molecule has 0 radical (unpaired) electrons. The number of benzene rings is 2. The molecule has 3 aromatic rings. The van der Waals surface area contributed by atoms with Gasteiger partial charge in [-0.15, -0.1) is 0 Å². The average molecular weight is 389 g/mol. The zero-order chi connectivity index (χ0) is 20.5. The van der Waals surface area contributed by atoms with Crippen LogP contribution in [0.5, 0.6) is 0 Å². The van der Waals surface area contributed by atoms with Gasteiger partial charge in [-0.2, -0.15) is 13.2 Å². The fourth-order valence-electron chi connectivity index (χ4n) is 2.50. The van der Waals surface area contributed by atoms with Crippen LogP contribution >= 0.6 is 0 Å². The molecule has 1 aromatic heterocycles. The molecule has 2 aromatic carbocycles. The standard InChI is InChI=1S/C19H14F3N3O3/c1-11-2-8-14(9-3-11)25-17(27)15(10-23-18(25)28)16(26)24-13-6-4-12(5-7-13)19(20,21)22/h2-10H,1H3,(H,23,28)(H,24,26). The van der Waals surface area contributed by atoms with Crippen LogP contribution in [0.25, 0.3) is 5.69 Å². The van der Waals surface area contributed by atoms with Crippen LogP contribution in [-0.4, -0.2) is 15.5 Å². The number of carbonyl (C=O) groups excluding carboxylic acids is 1. The lowest BCUT2D eigenvalue weighted by atomic mass is 10.2. The number of aryl methyl sites for hydroxylation is 1. The van der Waals surface area contributed by atoms with Crippen LogP contribution in [0, 0.1) is 6.92 Å². The van der Waals surface area contributed by atoms with Crippen molar-refractivity contribution in [3.8, 4) is 5.69 Å². The van der Waals surface area contributed by atoms with Crippen LogP contribution in [0.3, 0.4) is 0 Å². The minimum atomic E-state index is -4.50. The van der Waals surface area contributed by atoms with Crippen molar-refractivity contribution in [1.29, 1.82) is 0 Å². The molecular weight excluding hydrogens is 375 g/mol. The van der Waals surface area contributed by atoms with Crippen molar-refractivity contribution in [1.82, 2.24) is 9.55 Å². The van der Waals surface area contributed by atoms with Gasteiger partial charge in [0, 0.05) is 11.9 Å². The van der Waals surface area contributed by atoms with E-state index in [1.54, 1.807) is 24.3 Å². The number of carbonyl (C=O) groups is 1. The molecule has 0 aliphatic heterocycles. The lowest BCUT2D eigenvalue weighted by Crippen LogP contribution is -2.38. The van der Waals surface area contributed by atoms with E-state index < -0.39 is 28.9 Å². The van der Waals surface area contributed by atoms with Crippen LogP contribution in [0.1, 0.15) is 21.5 Å². The molecule has 144 valence electrons. The molecule has 2 N–H and O–H groups in total. The number of rotatable bonds is 3. The molecule has 0 saturated carbocycles. The summed E-state index contributed by atoms with van der Waals surface area (Å²) in [5, 5.41) is 2.34. The molecule has 0 fully saturated rings. The molecule has 6 nitrogen and oxygen atoms in total. The van der Waals surface area contributed by atoms with E-state index in [4.69, 9.17) is 0 Å². The zero-order valence-corrected chi connectivity index (χ0v) is 14.5. The monoisotopic (exact) mass is 389 g/mol. The molecular formula is C19H14F3N3O3. The van der Waals surface area contributed by atoms with Crippen molar-refractivity contribution in [3.63, 3.8) is 0 Å². The first kappa shape index (κ1) is 19.2. The Hall–Kier alpha value is -3.62. The second-order valence-corrected chi connectivity index (χ2v) is 6.01. The maximum absolute atomic E-state index is 12.6. The minimum absolute atomic E-state index is 0.0745. The van der Waals surface area contributed by atoms with Gasteiger partial charge in [-0.1, -0.05) is 17.7 Å². The molecule has 0 saturated heterocycles. The van der Waals surface area contributed by atoms with Gasteiger partial charge in [0.25, 0.3) is 11.5 Å². The number of hydrogen-bond acceptors (Lipinski definition) is 3. The van der Waals surface area contributed by atoms with Gasteiger partial charge in [0.05, 0.1) is 11.3 Å². The van der Waals surface area contributed by atoms with Crippen LogP contribution < -0.4 is 16.6 Å². The molecule has 0 spiro atoms. The zero-order valence-electron chi connectivity index (χ0n) is 14.5.